The molecule has 1 rings (SSSR count). The van der Waals surface area contributed by atoms with Gasteiger partial charge in [0.25, 0.3) is 0 Å². The molecule has 1 aliphatic heterocycles. The Kier molecular flexibility index (Phi) is 3.69. The van der Waals surface area contributed by atoms with Gasteiger partial charge in [0.2, 0.25) is 5.91 Å². The Balaban J connectivity index is 2.53. The van der Waals surface area contributed by atoms with Gasteiger partial charge in [-0.3, -0.25) is 4.79 Å². The second-order valence-electron chi connectivity index (χ2n) is 3.83. The molecule has 0 saturated carbocycles. The summed E-state index contributed by atoms with van der Waals surface area (Å²) in [5.74, 6) is 0.330. The lowest BCUT2D eigenvalue weighted by Crippen LogP contribution is -2.51. The Morgan fingerprint density at radius 2 is 2.31 bits per heavy atom. The molecule has 0 spiro atoms. The number of rotatable bonds is 1. The zero-order chi connectivity index (χ0) is 9.84. The maximum Gasteiger partial charge on any atom is 0.237 e. The highest BCUT2D eigenvalue weighted by molar-refractivity contribution is 5.81. The van der Waals surface area contributed by atoms with Gasteiger partial charge >= 0.3 is 0 Å². The maximum atomic E-state index is 11.4. The third-order valence-corrected chi connectivity index (χ3v) is 2.34. The van der Waals surface area contributed by atoms with Crippen LogP contribution in [-0.4, -0.2) is 31.2 Å². The first-order chi connectivity index (χ1) is 6.11. The molecule has 1 saturated heterocycles. The van der Waals surface area contributed by atoms with Crippen LogP contribution in [0.15, 0.2) is 0 Å². The molecule has 13 heavy (non-hydrogen) atoms. The number of nitrogens with one attached hydrogen (secondary N) is 1. The summed E-state index contributed by atoms with van der Waals surface area (Å²) in [6.45, 7) is 5.29. The van der Waals surface area contributed by atoms with Crippen LogP contribution >= 0.6 is 0 Å². The summed E-state index contributed by atoms with van der Waals surface area (Å²) in [7, 11) is 0. The smallest absolute Gasteiger partial charge is 0.237 e. The molecule has 1 aliphatic rings. The van der Waals surface area contributed by atoms with Crippen molar-refractivity contribution in [2.75, 3.05) is 13.2 Å². The molecule has 0 unspecified atom stereocenters. The van der Waals surface area contributed by atoms with Crippen molar-refractivity contribution in [2.45, 2.75) is 32.4 Å². The summed E-state index contributed by atoms with van der Waals surface area (Å²) < 4.78 is 5.37. The minimum Gasteiger partial charge on any atom is -0.379 e. The third kappa shape index (κ3) is 2.97. The Morgan fingerprint density at radius 1 is 1.62 bits per heavy atom. The Bertz CT molecular complexity index is 182. The predicted octanol–water partition coefficient (Wildman–Crippen LogP) is -0.125. The van der Waals surface area contributed by atoms with E-state index in [0.29, 0.717) is 25.6 Å². The lowest BCUT2D eigenvalue weighted by Gasteiger charge is -2.26. The van der Waals surface area contributed by atoms with Gasteiger partial charge in [-0.15, -0.1) is 0 Å². The van der Waals surface area contributed by atoms with Crippen LogP contribution in [-0.2, 0) is 9.53 Å². The summed E-state index contributed by atoms with van der Waals surface area (Å²) in [5.41, 5.74) is 5.62. The van der Waals surface area contributed by atoms with Crippen molar-refractivity contribution in [3.8, 4) is 0 Å². The SMILES string of the molecule is CC(C)[C@H]1COCC[C@H](N)C(=O)N1. The topological polar surface area (TPSA) is 64.3 Å². The molecule has 1 fully saturated rings. The van der Waals surface area contributed by atoms with Crippen LogP contribution in [0.2, 0.25) is 0 Å². The zero-order valence-electron chi connectivity index (χ0n) is 8.25. The number of carbonyl (C=O) groups excluding carboxylic acids is 1. The molecule has 4 heteroatoms. The van der Waals surface area contributed by atoms with E-state index in [-0.39, 0.29) is 11.9 Å². The van der Waals surface area contributed by atoms with Gasteiger partial charge < -0.3 is 15.8 Å². The van der Waals surface area contributed by atoms with Crippen LogP contribution in [0.25, 0.3) is 0 Å². The number of hydrogen-bond acceptors (Lipinski definition) is 3. The minimum absolute atomic E-state index is 0.0537. The van der Waals surface area contributed by atoms with Crippen LogP contribution in [0, 0.1) is 5.92 Å². The number of amides is 1. The molecule has 0 bridgehead atoms. The van der Waals surface area contributed by atoms with E-state index in [4.69, 9.17) is 10.5 Å². The lowest BCUT2D eigenvalue weighted by molar-refractivity contribution is -0.125. The van der Waals surface area contributed by atoms with E-state index in [0.717, 1.165) is 0 Å². The van der Waals surface area contributed by atoms with Crippen molar-refractivity contribution in [3.63, 3.8) is 0 Å². The van der Waals surface area contributed by atoms with Crippen molar-refractivity contribution < 1.29 is 9.53 Å². The van der Waals surface area contributed by atoms with Crippen LogP contribution < -0.4 is 11.1 Å². The van der Waals surface area contributed by atoms with Crippen molar-refractivity contribution in [1.29, 1.82) is 0 Å². The molecule has 0 aromatic carbocycles. The molecule has 0 aliphatic carbocycles. The molecular weight excluding hydrogens is 168 g/mol. The molecule has 0 aromatic rings. The number of carbonyl (C=O) groups is 1. The van der Waals surface area contributed by atoms with Crippen molar-refractivity contribution in [1.82, 2.24) is 5.32 Å². The van der Waals surface area contributed by atoms with E-state index in [2.05, 4.69) is 19.2 Å². The molecule has 4 nitrogen and oxygen atoms in total. The average molecular weight is 186 g/mol. The molecule has 0 radical (unpaired) electrons. The van der Waals surface area contributed by atoms with Gasteiger partial charge in [0.05, 0.1) is 18.7 Å². The quantitative estimate of drug-likeness (QED) is 0.600. The Labute approximate surface area is 78.8 Å². The molecule has 0 aromatic heterocycles. The van der Waals surface area contributed by atoms with E-state index in [9.17, 15) is 4.79 Å². The monoisotopic (exact) mass is 186 g/mol. The predicted molar refractivity (Wildman–Crippen MR) is 50.2 cm³/mol. The maximum absolute atomic E-state index is 11.4. The van der Waals surface area contributed by atoms with Gasteiger partial charge in [-0.1, -0.05) is 13.8 Å². The summed E-state index contributed by atoms with van der Waals surface area (Å²) in [4.78, 5) is 11.4. The van der Waals surface area contributed by atoms with Crippen LogP contribution in [0.1, 0.15) is 20.3 Å². The van der Waals surface area contributed by atoms with E-state index in [1.807, 2.05) is 0 Å². The van der Waals surface area contributed by atoms with Gasteiger partial charge in [-0.2, -0.15) is 0 Å². The normalized spacial score (nSPS) is 30.9. The highest BCUT2D eigenvalue weighted by Crippen LogP contribution is 2.06. The first kappa shape index (κ1) is 10.5. The first-order valence-corrected chi connectivity index (χ1v) is 4.75. The number of ether oxygens (including phenoxy) is 1. The summed E-state index contributed by atoms with van der Waals surface area (Å²) in [6, 6.07) is -0.319. The summed E-state index contributed by atoms with van der Waals surface area (Å²) >= 11 is 0. The second kappa shape index (κ2) is 4.58. The molecule has 2 atom stereocenters. The molecule has 1 heterocycles. The van der Waals surface area contributed by atoms with E-state index in [1.54, 1.807) is 0 Å². The third-order valence-electron chi connectivity index (χ3n) is 2.34. The standard InChI is InChI=1S/C9H18N2O2/c1-6(2)8-5-13-4-3-7(10)9(12)11-8/h6-8H,3-5,10H2,1-2H3,(H,11,12)/t7-,8+/m0/s1. The molecule has 3 N–H and O–H groups in total. The van der Waals surface area contributed by atoms with Crippen LogP contribution in [0.4, 0.5) is 0 Å². The van der Waals surface area contributed by atoms with Gasteiger partial charge in [0.15, 0.2) is 0 Å². The Hall–Kier alpha value is -0.610. The van der Waals surface area contributed by atoms with E-state index in [1.165, 1.54) is 0 Å². The molecule has 76 valence electrons. The molecule has 1 amide bonds. The van der Waals surface area contributed by atoms with Crippen LogP contribution in [0.3, 0.4) is 0 Å². The van der Waals surface area contributed by atoms with E-state index < -0.39 is 6.04 Å². The van der Waals surface area contributed by atoms with Crippen molar-refractivity contribution in [3.05, 3.63) is 0 Å². The van der Waals surface area contributed by atoms with Gasteiger partial charge in [0, 0.05) is 6.61 Å². The van der Waals surface area contributed by atoms with Gasteiger partial charge in [0.1, 0.15) is 0 Å². The van der Waals surface area contributed by atoms with Crippen molar-refractivity contribution in [2.24, 2.45) is 11.7 Å². The number of hydrogen-bond donors (Lipinski definition) is 2. The van der Waals surface area contributed by atoms with E-state index >= 15 is 0 Å². The summed E-state index contributed by atoms with van der Waals surface area (Å²) in [5, 5.41) is 2.88. The molecular formula is C9H18N2O2. The lowest BCUT2D eigenvalue weighted by atomic mass is 10.0. The minimum atomic E-state index is -0.415. The zero-order valence-corrected chi connectivity index (χ0v) is 8.25. The Morgan fingerprint density at radius 3 is 2.92 bits per heavy atom. The first-order valence-electron chi connectivity index (χ1n) is 4.75. The van der Waals surface area contributed by atoms with Gasteiger partial charge in [-0.25, -0.2) is 0 Å². The van der Waals surface area contributed by atoms with Crippen LogP contribution in [0.5, 0.6) is 0 Å². The van der Waals surface area contributed by atoms with Gasteiger partial charge in [-0.05, 0) is 12.3 Å². The summed E-state index contributed by atoms with van der Waals surface area (Å²) in [6.07, 6.45) is 0.608. The van der Waals surface area contributed by atoms with Crippen molar-refractivity contribution >= 4 is 5.91 Å². The largest absolute Gasteiger partial charge is 0.379 e. The highest BCUT2D eigenvalue weighted by atomic mass is 16.5. The average Bonchev–Trinajstić information content (AvgIpc) is 2.06. The fourth-order valence-electron chi connectivity index (χ4n) is 1.24. The fourth-order valence-corrected chi connectivity index (χ4v) is 1.24. The number of nitrogens with two attached hydrogens (primary N) is 1. The fraction of sp³-hybridized carbons (Fsp3) is 0.889. The second-order valence-corrected chi connectivity index (χ2v) is 3.83. The highest BCUT2D eigenvalue weighted by Gasteiger charge is 2.22.